The Morgan fingerprint density at radius 3 is 2.32 bits per heavy atom. The predicted molar refractivity (Wildman–Crippen MR) is 91.5 cm³/mol. The second-order valence-corrected chi connectivity index (χ2v) is 5.49. The Bertz CT molecular complexity index is 573. The standard InChI is InChI=1S/C19H24N2O/c1-2-3-4-5-6-7-8-9-16-14-20-19(21-15-16)17-10-12-18(22)13-11-17/h8-15,22H,2-7H2,1H3/b9-8+. The average Bonchev–Trinajstić information content (AvgIpc) is 2.55. The van der Waals surface area contributed by atoms with Crippen LogP contribution >= 0.6 is 0 Å². The Hall–Kier alpha value is -2.16. The van der Waals surface area contributed by atoms with E-state index in [9.17, 15) is 5.11 Å². The van der Waals surface area contributed by atoms with Crippen molar-refractivity contribution in [2.24, 2.45) is 0 Å². The maximum atomic E-state index is 9.29. The highest BCUT2D eigenvalue weighted by molar-refractivity contribution is 5.57. The van der Waals surface area contributed by atoms with Crippen molar-refractivity contribution in [1.82, 2.24) is 9.97 Å². The molecule has 0 radical (unpaired) electrons. The summed E-state index contributed by atoms with van der Waals surface area (Å²) in [6.07, 6.45) is 15.6. The molecule has 0 aliphatic rings. The van der Waals surface area contributed by atoms with Gasteiger partial charge in [-0.1, -0.05) is 44.8 Å². The molecule has 0 aliphatic carbocycles. The van der Waals surface area contributed by atoms with E-state index in [0.29, 0.717) is 5.82 Å². The summed E-state index contributed by atoms with van der Waals surface area (Å²) in [5.41, 5.74) is 1.93. The Labute approximate surface area is 132 Å². The van der Waals surface area contributed by atoms with Gasteiger partial charge in [0.15, 0.2) is 5.82 Å². The maximum absolute atomic E-state index is 9.29. The largest absolute Gasteiger partial charge is 0.508 e. The average molecular weight is 296 g/mol. The smallest absolute Gasteiger partial charge is 0.159 e. The number of benzene rings is 1. The van der Waals surface area contributed by atoms with E-state index in [2.05, 4.69) is 29.0 Å². The summed E-state index contributed by atoms with van der Waals surface area (Å²) < 4.78 is 0. The van der Waals surface area contributed by atoms with Gasteiger partial charge in [-0.05, 0) is 37.1 Å². The van der Waals surface area contributed by atoms with Crippen molar-refractivity contribution in [3.63, 3.8) is 0 Å². The van der Waals surface area contributed by atoms with Crippen LogP contribution in [0.4, 0.5) is 0 Å². The van der Waals surface area contributed by atoms with Gasteiger partial charge in [-0.15, -0.1) is 0 Å². The third-order valence-electron chi connectivity index (χ3n) is 3.58. The number of aromatic nitrogens is 2. The molecular formula is C19H24N2O. The molecule has 2 rings (SSSR count). The summed E-state index contributed by atoms with van der Waals surface area (Å²) >= 11 is 0. The number of aromatic hydroxyl groups is 1. The maximum Gasteiger partial charge on any atom is 0.159 e. The van der Waals surface area contributed by atoms with Crippen molar-refractivity contribution >= 4 is 6.08 Å². The fourth-order valence-corrected chi connectivity index (χ4v) is 2.27. The first-order valence-electron chi connectivity index (χ1n) is 8.07. The number of phenolic OH excluding ortho intramolecular Hbond substituents is 1. The van der Waals surface area contributed by atoms with Crippen molar-refractivity contribution < 1.29 is 5.11 Å². The van der Waals surface area contributed by atoms with Crippen LogP contribution < -0.4 is 0 Å². The molecule has 116 valence electrons. The van der Waals surface area contributed by atoms with Gasteiger partial charge in [0.1, 0.15) is 5.75 Å². The molecule has 0 saturated carbocycles. The molecule has 1 aromatic heterocycles. The molecule has 0 amide bonds. The fourth-order valence-electron chi connectivity index (χ4n) is 2.27. The highest BCUT2D eigenvalue weighted by Gasteiger charge is 2.00. The lowest BCUT2D eigenvalue weighted by molar-refractivity contribution is 0.475. The first-order chi connectivity index (χ1) is 10.8. The third kappa shape index (κ3) is 5.32. The summed E-state index contributed by atoms with van der Waals surface area (Å²) in [7, 11) is 0. The molecule has 22 heavy (non-hydrogen) atoms. The van der Waals surface area contributed by atoms with Gasteiger partial charge in [0.05, 0.1) is 0 Å². The Kier molecular flexibility index (Phi) is 6.62. The molecule has 0 unspecified atom stereocenters. The second kappa shape index (κ2) is 8.98. The molecule has 0 bridgehead atoms. The van der Waals surface area contributed by atoms with Crippen LogP contribution in [0.1, 0.15) is 51.0 Å². The van der Waals surface area contributed by atoms with Crippen LogP contribution in [0.3, 0.4) is 0 Å². The highest BCUT2D eigenvalue weighted by Crippen LogP contribution is 2.18. The summed E-state index contributed by atoms with van der Waals surface area (Å²) in [6, 6.07) is 6.92. The molecule has 1 N–H and O–H groups in total. The van der Waals surface area contributed by atoms with Gasteiger partial charge in [0.2, 0.25) is 0 Å². The minimum Gasteiger partial charge on any atom is -0.508 e. The van der Waals surface area contributed by atoms with E-state index in [-0.39, 0.29) is 5.75 Å². The van der Waals surface area contributed by atoms with Crippen molar-refractivity contribution in [2.45, 2.75) is 45.4 Å². The molecule has 0 saturated heterocycles. The summed E-state index contributed by atoms with van der Waals surface area (Å²) in [5.74, 6) is 0.930. The van der Waals surface area contributed by atoms with Crippen LogP contribution in [-0.2, 0) is 0 Å². The van der Waals surface area contributed by atoms with Crippen LogP contribution in [0.5, 0.6) is 5.75 Å². The summed E-state index contributed by atoms with van der Waals surface area (Å²) in [6.45, 7) is 2.24. The van der Waals surface area contributed by atoms with Gasteiger partial charge in [0.25, 0.3) is 0 Å². The quantitative estimate of drug-likeness (QED) is 0.679. The van der Waals surface area contributed by atoms with Gasteiger partial charge in [0, 0.05) is 23.5 Å². The van der Waals surface area contributed by atoms with Crippen molar-refractivity contribution in [3.05, 3.63) is 48.3 Å². The minimum atomic E-state index is 0.252. The fraction of sp³-hybridized carbons (Fsp3) is 0.368. The van der Waals surface area contributed by atoms with Crippen LogP contribution in [0.2, 0.25) is 0 Å². The Balaban J connectivity index is 1.83. The van der Waals surface area contributed by atoms with E-state index in [0.717, 1.165) is 17.5 Å². The van der Waals surface area contributed by atoms with E-state index >= 15 is 0 Å². The molecule has 1 heterocycles. The lowest BCUT2D eigenvalue weighted by atomic mass is 10.1. The summed E-state index contributed by atoms with van der Waals surface area (Å²) in [5, 5.41) is 9.29. The van der Waals surface area contributed by atoms with Crippen LogP contribution in [0.15, 0.2) is 42.7 Å². The first-order valence-corrected chi connectivity index (χ1v) is 8.07. The molecule has 1 aromatic carbocycles. The van der Waals surface area contributed by atoms with Crippen LogP contribution in [0, 0.1) is 0 Å². The summed E-state index contributed by atoms with van der Waals surface area (Å²) in [4.78, 5) is 8.75. The predicted octanol–water partition coefficient (Wildman–Crippen LogP) is 5.22. The number of hydrogen-bond donors (Lipinski definition) is 1. The third-order valence-corrected chi connectivity index (χ3v) is 3.58. The lowest BCUT2D eigenvalue weighted by Crippen LogP contribution is -1.88. The number of allylic oxidation sites excluding steroid dienone is 1. The van der Waals surface area contributed by atoms with Gasteiger partial charge < -0.3 is 5.11 Å². The molecule has 0 spiro atoms. The number of rotatable bonds is 8. The monoisotopic (exact) mass is 296 g/mol. The molecule has 0 atom stereocenters. The molecular weight excluding hydrogens is 272 g/mol. The molecule has 0 fully saturated rings. The number of hydrogen-bond acceptors (Lipinski definition) is 3. The Morgan fingerprint density at radius 1 is 0.955 bits per heavy atom. The van der Waals surface area contributed by atoms with Crippen LogP contribution in [-0.4, -0.2) is 15.1 Å². The van der Waals surface area contributed by atoms with Gasteiger partial charge in [-0.2, -0.15) is 0 Å². The zero-order chi connectivity index (χ0) is 15.6. The van der Waals surface area contributed by atoms with Gasteiger partial charge in [-0.3, -0.25) is 0 Å². The van der Waals surface area contributed by atoms with Crippen molar-refractivity contribution in [3.8, 4) is 17.1 Å². The van der Waals surface area contributed by atoms with Crippen molar-refractivity contribution in [2.75, 3.05) is 0 Å². The number of nitrogens with zero attached hydrogens (tertiary/aromatic N) is 2. The van der Waals surface area contributed by atoms with E-state index in [1.165, 1.54) is 32.1 Å². The normalized spacial score (nSPS) is 11.1. The highest BCUT2D eigenvalue weighted by atomic mass is 16.3. The van der Waals surface area contributed by atoms with Crippen LogP contribution in [0.25, 0.3) is 17.5 Å². The number of unbranched alkanes of at least 4 members (excludes halogenated alkanes) is 5. The van der Waals surface area contributed by atoms with E-state index in [1.54, 1.807) is 12.1 Å². The molecule has 3 heteroatoms. The zero-order valence-electron chi connectivity index (χ0n) is 13.2. The van der Waals surface area contributed by atoms with Gasteiger partial charge in [-0.25, -0.2) is 9.97 Å². The van der Waals surface area contributed by atoms with Crippen molar-refractivity contribution in [1.29, 1.82) is 0 Å². The Morgan fingerprint density at radius 2 is 1.64 bits per heavy atom. The zero-order valence-corrected chi connectivity index (χ0v) is 13.2. The van der Waals surface area contributed by atoms with Gasteiger partial charge >= 0.3 is 0 Å². The molecule has 3 nitrogen and oxygen atoms in total. The SMILES string of the molecule is CCCCCCC/C=C/c1cnc(-c2ccc(O)cc2)nc1. The van der Waals surface area contributed by atoms with E-state index in [1.807, 2.05) is 24.5 Å². The first kappa shape index (κ1) is 16.2. The van der Waals surface area contributed by atoms with E-state index in [4.69, 9.17) is 0 Å². The molecule has 2 aromatic rings. The molecule has 0 aliphatic heterocycles. The lowest BCUT2D eigenvalue weighted by Gasteiger charge is -2.00. The number of phenols is 1. The topological polar surface area (TPSA) is 46.0 Å². The minimum absolute atomic E-state index is 0.252. The van der Waals surface area contributed by atoms with E-state index < -0.39 is 0 Å². The second-order valence-electron chi connectivity index (χ2n) is 5.49.